The van der Waals surface area contributed by atoms with Crippen LogP contribution in [0.2, 0.25) is 0 Å². The van der Waals surface area contributed by atoms with Gasteiger partial charge >= 0.3 is 0 Å². The molecule has 0 aliphatic carbocycles. The number of nitrogens with one attached hydrogen (secondary N) is 2. The summed E-state index contributed by atoms with van der Waals surface area (Å²) in [5, 5.41) is 7.73. The van der Waals surface area contributed by atoms with Crippen molar-refractivity contribution in [3.8, 4) is 11.5 Å². The normalized spacial score (nSPS) is 10.4. The number of carbonyl (C=O) groups is 2. The third-order valence-corrected chi connectivity index (χ3v) is 5.07. The summed E-state index contributed by atoms with van der Waals surface area (Å²) < 4.78 is 10.9. The summed E-state index contributed by atoms with van der Waals surface area (Å²) in [4.78, 5) is 25.5. The number of amides is 2. The van der Waals surface area contributed by atoms with Crippen LogP contribution in [0.15, 0.2) is 84.9 Å². The second kappa shape index (κ2) is 9.22. The molecular weight excluding hydrogens is 404 g/mol. The Bertz CT molecular complexity index is 1290. The van der Waals surface area contributed by atoms with E-state index in [9.17, 15) is 9.59 Å². The summed E-state index contributed by atoms with van der Waals surface area (Å²) in [6, 6.07) is 25.5. The van der Waals surface area contributed by atoms with Gasteiger partial charge in [-0.15, -0.1) is 0 Å². The van der Waals surface area contributed by atoms with Gasteiger partial charge in [-0.25, -0.2) is 0 Å². The third kappa shape index (κ3) is 4.39. The number of benzene rings is 4. The Morgan fingerprint density at radius 3 is 1.72 bits per heavy atom. The van der Waals surface area contributed by atoms with Crippen LogP contribution in [0.5, 0.6) is 11.5 Å². The van der Waals surface area contributed by atoms with Crippen molar-refractivity contribution in [1.82, 2.24) is 0 Å². The van der Waals surface area contributed by atoms with Crippen LogP contribution in [0.1, 0.15) is 20.7 Å². The Balaban J connectivity index is 1.60. The van der Waals surface area contributed by atoms with E-state index in [1.807, 2.05) is 42.5 Å². The van der Waals surface area contributed by atoms with E-state index in [4.69, 9.17) is 9.47 Å². The van der Waals surface area contributed by atoms with Gasteiger partial charge in [0.05, 0.1) is 25.6 Å². The molecule has 0 heterocycles. The van der Waals surface area contributed by atoms with Gasteiger partial charge in [0.25, 0.3) is 11.8 Å². The van der Waals surface area contributed by atoms with Gasteiger partial charge < -0.3 is 20.1 Å². The molecule has 6 nitrogen and oxygen atoms in total. The minimum absolute atomic E-state index is 0.279. The van der Waals surface area contributed by atoms with Crippen molar-refractivity contribution in [3.63, 3.8) is 0 Å². The summed E-state index contributed by atoms with van der Waals surface area (Å²) in [6.45, 7) is 0. The smallest absolute Gasteiger partial charge is 0.255 e. The molecule has 0 saturated carbocycles. The topological polar surface area (TPSA) is 76.7 Å². The molecule has 0 atom stereocenters. The van der Waals surface area contributed by atoms with Gasteiger partial charge in [-0.3, -0.25) is 9.59 Å². The zero-order valence-electron chi connectivity index (χ0n) is 17.7. The van der Waals surface area contributed by atoms with E-state index in [0.29, 0.717) is 34.0 Å². The molecule has 0 saturated heterocycles. The van der Waals surface area contributed by atoms with E-state index in [1.54, 1.807) is 42.5 Å². The van der Waals surface area contributed by atoms with Crippen molar-refractivity contribution in [2.45, 2.75) is 0 Å². The lowest BCUT2D eigenvalue weighted by molar-refractivity contribution is 0.101. The Morgan fingerprint density at radius 2 is 1.12 bits per heavy atom. The number of methoxy groups -OCH3 is 2. The Kier molecular flexibility index (Phi) is 6.03. The first-order chi connectivity index (χ1) is 15.6. The number of fused-ring (bicyclic) bond motifs is 1. The van der Waals surface area contributed by atoms with Gasteiger partial charge in [0, 0.05) is 23.3 Å². The predicted molar refractivity (Wildman–Crippen MR) is 126 cm³/mol. The molecule has 2 amide bonds. The summed E-state index contributed by atoms with van der Waals surface area (Å²) in [6.07, 6.45) is 0. The highest BCUT2D eigenvalue weighted by molar-refractivity contribution is 6.08. The SMILES string of the molecule is COc1cc(NC(=O)c2ccc3ccccc3c2)c(OC)cc1NC(=O)c1ccccc1. The molecule has 0 aliphatic heterocycles. The molecule has 0 radical (unpaired) electrons. The Morgan fingerprint density at radius 1 is 0.594 bits per heavy atom. The predicted octanol–water partition coefficient (Wildman–Crippen LogP) is 5.36. The highest BCUT2D eigenvalue weighted by Crippen LogP contribution is 2.37. The van der Waals surface area contributed by atoms with Crippen LogP contribution in [0.25, 0.3) is 10.8 Å². The molecule has 4 aromatic rings. The molecule has 160 valence electrons. The van der Waals surface area contributed by atoms with Crippen molar-refractivity contribution < 1.29 is 19.1 Å². The van der Waals surface area contributed by atoms with E-state index in [0.717, 1.165) is 10.8 Å². The first-order valence-corrected chi connectivity index (χ1v) is 10.0. The van der Waals surface area contributed by atoms with Crippen LogP contribution in [0, 0.1) is 0 Å². The van der Waals surface area contributed by atoms with E-state index >= 15 is 0 Å². The van der Waals surface area contributed by atoms with Crippen LogP contribution in [0.3, 0.4) is 0 Å². The van der Waals surface area contributed by atoms with Gasteiger partial charge in [0.1, 0.15) is 11.5 Å². The molecule has 4 rings (SSSR count). The maximum Gasteiger partial charge on any atom is 0.255 e. The van der Waals surface area contributed by atoms with Crippen molar-refractivity contribution >= 4 is 34.0 Å². The number of hydrogen-bond donors (Lipinski definition) is 2. The molecule has 0 fully saturated rings. The summed E-state index contributed by atoms with van der Waals surface area (Å²) >= 11 is 0. The molecule has 6 heteroatoms. The first-order valence-electron chi connectivity index (χ1n) is 10.0. The quantitative estimate of drug-likeness (QED) is 0.435. The lowest BCUT2D eigenvalue weighted by atomic mass is 10.1. The van der Waals surface area contributed by atoms with Crippen LogP contribution in [-0.4, -0.2) is 26.0 Å². The fourth-order valence-electron chi connectivity index (χ4n) is 3.40. The summed E-state index contributed by atoms with van der Waals surface area (Å²) in [7, 11) is 2.99. The monoisotopic (exact) mass is 426 g/mol. The van der Waals surface area contributed by atoms with Crippen molar-refractivity contribution in [2.75, 3.05) is 24.9 Å². The molecule has 32 heavy (non-hydrogen) atoms. The van der Waals surface area contributed by atoms with E-state index in [-0.39, 0.29) is 11.8 Å². The number of rotatable bonds is 6. The van der Waals surface area contributed by atoms with Crippen LogP contribution in [0.4, 0.5) is 11.4 Å². The molecule has 4 aromatic carbocycles. The minimum atomic E-state index is -0.280. The van der Waals surface area contributed by atoms with E-state index in [1.165, 1.54) is 14.2 Å². The van der Waals surface area contributed by atoms with E-state index < -0.39 is 0 Å². The van der Waals surface area contributed by atoms with Crippen molar-refractivity contribution in [3.05, 3.63) is 96.1 Å². The number of hydrogen-bond acceptors (Lipinski definition) is 4. The summed E-state index contributed by atoms with van der Waals surface area (Å²) in [5.74, 6) is 0.225. The Labute approximate surface area is 185 Å². The van der Waals surface area contributed by atoms with Crippen LogP contribution >= 0.6 is 0 Å². The highest BCUT2D eigenvalue weighted by Gasteiger charge is 2.17. The lowest BCUT2D eigenvalue weighted by Gasteiger charge is -2.16. The minimum Gasteiger partial charge on any atom is -0.494 e. The fourth-order valence-corrected chi connectivity index (χ4v) is 3.40. The molecule has 0 aromatic heterocycles. The molecule has 0 spiro atoms. The molecule has 0 aliphatic rings. The average molecular weight is 426 g/mol. The van der Waals surface area contributed by atoms with Crippen molar-refractivity contribution in [1.29, 1.82) is 0 Å². The average Bonchev–Trinajstić information content (AvgIpc) is 2.84. The standard InChI is InChI=1S/C26H22N2O4/c1-31-23-16-22(28-26(30)20-13-12-17-8-6-7-11-19(17)14-20)24(32-2)15-21(23)27-25(29)18-9-4-3-5-10-18/h3-16H,1-2H3,(H,27,29)(H,28,30). The van der Waals surface area contributed by atoms with Gasteiger partial charge in [0.15, 0.2) is 0 Å². The zero-order chi connectivity index (χ0) is 22.5. The second-order valence-electron chi connectivity index (χ2n) is 7.09. The molecule has 0 bridgehead atoms. The zero-order valence-corrected chi connectivity index (χ0v) is 17.7. The van der Waals surface area contributed by atoms with Crippen LogP contribution < -0.4 is 20.1 Å². The largest absolute Gasteiger partial charge is 0.494 e. The Hall–Kier alpha value is -4.32. The molecule has 0 unspecified atom stereocenters. The molecular formula is C26H22N2O4. The first kappa shape index (κ1) is 20.9. The second-order valence-corrected chi connectivity index (χ2v) is 7.09. The van der Waals surface area contributed by atoms with Gasteiger partial charge in [-0.1, -0.05) is 48.5 Å². The summed E-state index contributed by atoms with van der Waals surface area (Å²) in [5.41, 5.74) is 1.90. The number of anilines is 2. The van der Waals surface area contributed by atoms with Crippen molar-refractivity contribution in [2.24, 2.45) is 0 Å². The van der Waals surface area contributed by atoms with Gasteiger partial charge in [0.2, 0.25) is 0 Å². The maximum absolute atomic E-state index is 12.9. The van der Waals surface area contributed by atoms with Gasteiger partial charge in [-0.2, -0.15) is 0 Å². The third-order valence-electron chi connectivity index (χ3n) is 5.07. The highest BCUT2D eigenvalue weighted by atomic mass is 16.5. The van der Waals surface area contributed by atoms with Gasteiger partial charge in [-0.05, 0) is 35.0 Å². The lowest BCUT2D eigenvalue weighted by Crippen LogP contribution is -2.15. The molecule has 2 N–H and O–H groups in total. The fraction of sp³-hybridized carbons (Fsp3) is 0.0769. The number of ether oxygens (including phenoxy) is 2. The number of carbonyl (C=O) groups excluding carboxylic acids is 2. The maximum atomic E-state index is 12.9. The van der Waals surface area contributed by atoms with Crippen LogP contribution in [-0.2, 0) is 0 Å². The van der Waals surface area contributed by atoms with E-state index in [2.05, 4.69) is 10.6 Å².